The van der Waals surface area contributed by atoms with Crippen LogP contribution in [-0.4, -0.2) is 124 Å². The fourth-order valence-corrected chi connectivity index (χ4v) is 9.07. The average Bonchev–Trinajstić information content (AvgIpc) is 4.28. The van der Waals surface area contributed by atoms with Gasteiger partial charge in [-0.1, -0.05) is 34.7 Å². The third-order valence-electron chi connectivity index (χ3n) is 13.9. The Bertz CT molecular complexity index is 3420. The Kier molecular flexibility index (Phi) is 17.1. The fourth-order valence-electron chi connectivity index (χ4n) is 9.07. The number of anilines is 2. The van der Waals surface area contributed by atoms with E-state index in [4.69, 9.17) is 0 Å². The lowest BCUT2D eigenvalue weighted by Gasteiger charge is -2.18. The van der Waals surface area contributed by atoms with Gasteiger partial charge < -0.3 is 20.4 Å². The molecular weight excluding hydrogens is 1010 g/mol. The van der Waals surface area contributed by atoms with E-state index in [0.29, 0.717) is 53.5 Å². The molecule has 9 rings (SSSR count). The number of hydrogen-bond donors (Lipinski definition) is 2. The smallest absolute Gasteiger partial charge is 0.383 e. The van der Waals surface area contributed by atoms with Crippen LogP contribution in [0.1, 0.15) is 78.3 Å². The maximum Gasteiger partial charge on any atom is 0.416 e. The number of likely N-dealkylation sites (tertiary alicyclic amines) is 1. The molecule has 78 heavy (non-hydrogen) atoms. The zero-order chi connectivity index (χ0) is 56.1. The number of ketones is 2. The number of alkyl halides is 6. The van der Waals surface area contributed by atoms with E-state index in [1.165, 1.54) is 12.1 Å². The fraction of sp³-hybridized carbons (Fsp3) is 0.357. The van der Waals surface area contributed by atoms with Crippen molar-refractivity contribution in [1.82, 2.24) is 59.3 Å². The van der Waals surface area contributed by atoms with E-state index in [-0.39, 0.29) is 24.0 Å². The Hall–Kier alpha value is -7.98. The summed E-state index contributed by atoms with van der Waals surface area (Å²) in [4.78, 5) is 31.0. The number of nitrogens with zero attached hydrogens (tertiary/aromatic N) is 12. The molecule has 22 heteroatoms. The third kappa shape index (κ3) is 13.4. The largest absolute Gasteiger partial charge is 0.416 e. The van der Waals surface area contributed by atoms with Crippen LogP contribution in [0, 0.1) is 27.7 Å². The van der Waals surface area contributed by atoms with Gasteiger partial charge in [0.05, 0.1) is 47.3 Å². The predicted octanol–water partition coefficient (Wildman–Crippen LogP) is 9.94. The molecule has 0 spiro atoms. The van der Waals surface area contributed by atoms with Crippen molar-refractivity contribution in [3.63, 3.8) is 0 Å². The number of hydrogen-bond acceptors (Lipinski definition) is 12. The van der Waals surface area contributed by atoms with E-state index >= 15 is 0 Å². The summed E-state index contributed by atoms with van der Waals surface area (Å²) in [6, 6.07) is 17.6. The van der Waals surface area contributed by atoms with Gasteiger partial charge in [-0.2, -0.15) is 36.5 Å². The number of Topliss-reactive ketones (excluding diaryl/α,β-unsaturated/α-hetero) is 2. The van der Waals surface area contributed by atoms with Crippen molar-refractivity contribution in [1.29, 1.82) is 0 Å². The maximum absolute atomic E-state index is 13.5. The highest BCUT2D eigenvalue weighted by Crippen LogP contribution is 2.35. The lowest BCUT2D eigenvalue weighted by Crippen LogP contribution is -2.26. The molecule has 0 amide bonds. The average molecular weight is 1080 g/mol. The number of rotatable bonds is 18. The molecule has 1 aliphatic heterocycles. The third-order valence-corrected chi connectivity index (χ3v) is 13.9. The zero-order valence-electron chi connectivity index (χ0n) is 44.8. The van der Waals surface area contributed by atoms with Crippen LogP contribution in [0.2, 0.25) is 0 Å². The highest BCUT2D eigenvalue weighted by Gasteiger charge is 2.33. The SMILES string of the molecule is Cc1ccc(CC(=O)c2cc(C(F)(F)F)ccc2NCCN(C)C)cc1-n1cc(-c2cnn(C)c2C)nn1.Cc1ccc(CC(=O)c2cc(C(F)(F)F)ccc2NCCN2CCCC2)cc1-n1cc(-c2cnn(C)c2C)nn1. The van der Waals surface area contributed by atoms with Crippen LogP contribution in [0.15, 0.2) is 97.6 Å². The number of nitrogens with one attached hydrogen (secondary N) is 2. The number of aromatic nitrogens is 10. The van der Waals surface area contributed by atoms with Crippen LogP contribution in [0.5, 0.6) is 0 Å². The summed E-state index contributed by atoms with van der Waals surface area (Å²) in [5.41, 5.74) is 8.71. The van der Waals surface area contributed by atoms with E-state index in [1.54, 1.807) is 49.6 Å². The standard InChI is InChI=1S/C29H32F3N7O.C27H30F3N7O/c1-19-6-7-21(14-27(19)39-18-26(35-36-39)24-17-34-37(3)20(24)2)15-28(40)23-16-22(29(30,31)32)8-9-25(23)33-10-13-38-11-4-5-12-38;1-17-6-7-19(12-25(17)37-16-24(33-34-37)22-15-32-36(5)18(22)2)13-26(38)21-14-20(27(28,29)30)8-9-23(21)31-10-11-35(3)4/h6-9,14,16-18,33H,4-5,10-13,15H2,1-3H3;6-9,12,14-16,31H,10-11,13H2,1-5H3. The van der Waals surface area contributed by atoms with Crippen LogP contribution in [0.25, 0.3) is 33.9 Å². The molecule has 0 atom stereocenters. The number of carbonyl (C=O) groups excluding carboxylic acids is 2. The number of halogens is 6. The van der Waals surface area contributed by atoms with Gasteiger partial charge in [-0.25, -0.2) is 9.36 Å². The molecule has 410 valence electrons. The van der Waals surface area contributed by atoms with Crippen LogP contribution < -0.4 is 10.6 Å². The lowest BCUT2D eigenvalue weighted by atomic mass is 9.98. The topological polar surface area (TPSA) is 162 Å². The summed E-state index contributed by atoms with van der Waals surface area (Å²) >= 11 is 0. The first-order chi connectivity index (χ1) is 37.0. The Morgan fingerprint density at radius 3 is 1.44 bits per heavy atom. The lowest BCUT2D eigenvalue weighted by molar-refractivity contribution is -0.138. The number of aryl methyl sites for hydroxylation is 4. The second kappa shape index (κ2) is 23.7. The molecule has 4 aromatic heterocycles. The summed E-state index contributed by atoms with van der Waals surface area (Å²) in [6.45, 7) is 12.2. The summed E-state index contributed by atoms with van der Waals surface area (Å²) in [7, 11) is 7.49. The van der Waals surface area contributed by atoms with Gasteiger partial charge in [0.25, 0.3) is 0 Å². The van der Waals surface area contributed by atoms with E-state index in [1.807, 2.05) is 91.1 Å². The Morgan fingerprint density at radius 2 is 1.04 bits per heavy atom. The van der Waals surface area contributed by atoms with Gasteiger partial charge in [0.2, 0.25) is 0 Å². The molecule has 0 bridgehead atoms. The van der Waals surface area contributed by atoms with Crippen molar-refractivity contribution >= 4 is 22.9 Å². The first-order valence-corrected chi connectivity index (χ1v) is 25.4. The molecule has 0 radical (unpaired) electrons. The zero-order valence-corrected chi connectivity index (χ0v) is 44.8. The van der Waals surface area contributed by atoms with Gasteiger partial charge in [-0.15, -0.1) is 10.2 Å². The molecule has 1 aliphatic rings. The molecule has 2 N–H and O–H groups in total. The monoisotopic (exact) mass is 1080 g/mol. The molecule has 0 unspecified atom stereocenters. The number of likely N-dealkylation sites (N-methyl/N-ethyl adjacent to an activating group) is 1. The molecule has 1 saturated heterocycles. The molecule has 1 fully saturated rings. The summed E-state index contributed by atoms with van der Waals surface area (Å²) in [6.07, 6.45) is 0.137. The van der Waals surface area contributed by atoms with Gasteiger partial charge in [0, 0.05) is 98.1 Å². The summed E-state index contributed by atoms with van der Waals surface area (Å²) in [5, 5.41) is 31.9. The van der Waals surface area contributed by atoms with Crippen LogP contribution >= 0.6 is 0 Å². The maximum atomic E-state index is 13.5. The normalized spacial score (nSPS) is 13.0. The van der Waals surface area contributed by atoms with E-state index in [2.05, 4.69) is 46.4 Å². The van der Waals surface area contributed by atoms with Crippen LogP contribution in [0.3, 0.4) is 0 Å². The molecule has 0 saturated carbocycles. The minimum atomic E-state index is -4.55. The summed E-state index contributed by atoms with van der Waals surface area (Å²) in [5.74, 6) is -0.807. The van der Waals surface area contributed by atoms with E-state index in [0.717, 1.165) is 102 Å². The van der Waals surface area contributed by atoms with Crippen molar-refractivity contribution in [3.05, 3.63) is 153 Å². The van der Waals surface area contributed by atoms with Crippen LogP contribution in [0.4, 0.5) is 37.7 Å². The van der Waals surface area contributed by atoms with Crippen molar-refractivity contribution < 1.29 is 35.9 Å². The van der Waals surface area contributed by atoms with Crippen LogP contribution in [-0.2, 0) is 39.3 Å². The highest BCUT2D eigenvalue weighted by molar-refractivity contribution is 6.03. The van der Waals surface area contributed by atoms with Gasteiger partial charge >= 0.3 is 12.4 Å². The van der Waals surface area contributed by atoms with Crippen molar-refractivity contribution in [2.45, 2.75) is 65.7 Å². The predicted molar refractivity (Wildman–Crippen MR) is 286 cm³/mol. The first-order valence-electron chi connectivity index (χ1n) is 25.4. The molecule has 8 aromatic rings. The second-order valence-electron chi connectivity index (χ2n) is 19.8. The van der Waals surface area contributed by atoms with E-state index < -0.39 is 35.0 Å². The molecule has 0 aliphatic carbocycles. The first kappa shape index (κ1) is 56.2. The minimum absolute atomic E-state index is 0.0100. The molecule has 4 aromatic carbocycles. The Labute approximate surface area is 448 Å². The number of carbonyl (C=O) groups is 2. The van der Waals surface area contributed by atoms with Gasteiger partial charge in [-0.3, -0.25) is 19.0 Å². The number of benzene rings is 4. The molecular formula is C56H62F6N14O2. The Balaban J connectivity index is 0.000000206. The van der Waals surface area contributed by atoms with Gasteiger partial charge in [0.1, 0.15) is 11.4 Å². The van der Waals surface area contributed by atoms with Gasteiger partial charge in [-0.05, 0) is 139 Å². The summed E-state index contributed by atoms with van der Waals surface area (Å²) < 4.78 is 87.6. The minimum Gasteiger partial charge on any atom is -0.383 e. The Morgan fingerprint density at radius 1 is 0.603 bits per heavy atom. The van der Waals surface area contributed by atoms with E-state index in [9.17, 15) is 35.9 Å². The highest BCUT2D eigenvalue weighted by atomic mass is 19.4. The van der Waals surface area contributed by atoms with Crippen molar-refractivity contribution in [2.24, 2.45) is 14.1 Å². The molecule has 5 heterocycles. The molecule has 16 nitrogen and oxygen atoms in total. The van der Waals surface area contributed by atoms with Crippen molar-refractivity contribution in [2.75, 3.05) is 64.0 Å². The van der Waals surface area contributed by atoms with Crippen molar-refractivity contribution in [3.8, 4) is 33.9 Å². The second-order valence-corrected chi connectivity index (χ2v) is 19.8. The quantitative estimate of drug-likeness (QED) is 0.0619. The van der Waals surface area contributed by atoms with Gasteiger partial charge in [0.15, 0.2) is 11.6 Å².